The van der Waals surface area contributed by atoms with Gasteiger partial charge in [0.05, 0.1) is 44.0 Å². The number of hydrogen-bond donors (Lipinski definition) is 0. The van der Waals surface area contributed by atoms with Gasteiger partial charge in [-0.05, 0) is 12.5 Å². The first-order valence-electron chi connectivity index (χ1n) is 7.86. The van der Waals surface area contributed by atoms with Gasteiger partial charge in [0, 0.05) is 18.4 Å². The Kier molecular flexibility index (Phi) is 4.57. The van der Waals surface area contributed by atoms with E-state index in [0.717, 1.165) is 36.4 Å². The SMILES string of the molecule is CC.COc1nc(-c2cnn(C3CCOC3)c2)cn2nccc12. The first-order chi connectivity index (χ1) is 11.3. The van der Waals surface area contributed by atoms with Crippen LogP contribution in [0.2, 0.25) is 0 Å². The number of hydrogen-bond acceptors (Lipinski definition) is 5. The van der Waals surface area contributed by atoms with Crippen LogP contribution in [0.1, 0.15) is 26.3 Å². The van der Waals surface area contributed by atoms with Crippen molar-refractivity contribution in [3.05, 3.63) is 30.9 Å². The van der Waals surface area contributed by atoms with E-state index in [9.17, 15) is 0 Å². The lowest BCUT2D eigenvalue weighted by atomic mass is 10.2. The molecule has 0 amide bonds. The fourth-order valence-electron chi connectivity index (χ4n) is 2.59. The number of methoxy groups -OCH3 is 1. The molecule has 1 fully saturated rings. The smallest absolute Gasteiger partial charge is 0.240 e. The molecule has 0 spiro atoms. The van der Waals surface area contributed by atoms with Gasteiger partial charge >= 0.3 is 0 Å². The number of fused-ring (bicyclic) bond motifs is 1. The predicted octanol–water partition coefficient (Wildman–Crippen LogP) is 2.59. The maximum atomic E-state index is 5.40. The highest BCUT2D eigenvalue weighted by atomic mass is 16.5. The molecule has 3 aromatic rings. The Labute approximate surface area is 134 Å². The van der Waals surface area contributed by atoms with Gasteiger partial charge in [0.1, 0.15) is 5.52 Å². The molecule has 23 heavy (non-hydrogen) atoms. The minimum Gasteiger partial charge on any atom is -0.479 e. The maximum Gasteiger partial charge on any atom is 0.240 e. The second-order valence-corrected chi connectivity index (χ2v) is 5.02. The van der Waals surface area contributed by atoms with Crippen molar-refractivity contribution in [3.8, 4) is 17.1 Å². The van der Waals surface area contributed by atoms with Gasteiger partial charge in [0.2, 0.25) is 5.88 Å². The molecule has 1 unspecified atom stereocenters. The summed E-state index contributed by atoms with van der Waals surface area (Å²) in [5, 5.41) is 8.67. The van der Waals surface area contributed by atoms with Gasteiger partial charge in [-0.3, -0.25) is 4.68 Å². The topological polar surface area (TPSA) is 66.5 Å². The standard InChI is InChI=1S/C14H15N5O2.C2H6/c1-20-14-13-2-4-15-19(13)8-12(17-14)10-6-16-18(7-10)11-3-5-21-9-11;1-2/h2,4,6-8,11H,3,5,9H2,1H3;1-2H3. The molecule has 0 aliphatic carbocycles. The summed E-state index contributed by atoms with van der Waals surface area (Å²) < 4.78 is 14.4. The van der Waals surface area contributed by atoms with Crippen LogP contribution in [0.15, 0.2) is 30.9 Å². The Morgan fingerprint density at radius 1 is 1.26 bits per heavy atom. The molecule has 122 valence electrons. The van der Waals surface area contributed by atoms with Crippen LogP contribution in [-0.2, 0) is 4.74 Å². The van der Waals surface area contributed by atoms with Crippen molar-refractivity contribution >= 4 is 5.52 Å². The molecule has 0 bridgehead atoms. The van der Waals surface area contributed by atoms with Crippen LogP contribution in [-0.4, -0.2) is 44.7 Å². The summed E-state index contributed by atoms with van der Waals surface area (Å²) in [7, 11) is 1.61. The van der Waals surface area contributed by atoms with Crippen molar-refractivity contribution in [1.29, 1.82) is 0 Å². The van der Waals surface area contributed by atoms with Crippen molar-refractivity contribution < 1.29 is 9.47 Å². The zero-order valence-corrected chi connectivity index (χ0v) is 13.6. The van der Waals surface area contributed by atoms with E-state index in [1.54, 1.807) is 17.8 Å². The summed E-state index contributed by atoms with van der Waals surface area (Å²) in [4.78, 5) is 4.53. The van der Waals surface area contributed by atoms with Crippen LogP contribution in [0.5, 0.6) is 5.88 Å². The zero-order valence-electron chi connectivity index (χ0n) is 13.6. The molecule has 1 atom stereocenters. The van der Waals surface area contributed by atoms with Gasteiger partial charge in [0.15, 0.2) is 0 Å². The van der Waals surface area contributed by atoms with Gasteiger partial charge in [-0.2, -0.15) is 10.2 Å². The summed E-state index contributed by atoms with van der Waals surface area (Å²) in [5.74, 6) is 0.557. The first kappa shape index (κ1) is 15.5. The first-order valence-corrected chi connectivity index (χ1v) is 7.86. The van der Waals surface area contributed by atoms with Crippen LogP contribution >= 0.6 is 0 Å². The Morgan fingerprint density at radius 3 is 2.87 bits per heavy atom. The molecule has 4 heterocycles. The van der Waals surface area contributed by atoms with E-state index in [4.69, 9.17) is 9.47 Å². The molecule has 0 radical (unpaired) electrons. The average molecular weight is 315 g/mol. The molecular weight excluding hydrogens is 294 g/mol. The fraction of sp³-hybridized carbons (Fsp3) is 0.438. The third kappa shape index (κ3) is 2.92. The molecule has 0 aromatic carbocycles. The minimum absolute atomic E-state index is 0.314. The van der Waals surface area contributed by atoms with Crippen molar-refractivity contribution in [1.82, 2.24) is 24.4 Å². The molecule has 1 aliphatic heterocycles. The number of ether oxygens (including phenoxy) is 2. The molecular formula is C16H21N5O2. The second kappa shape index (κ2) is 6.78. The van der Waals surface area contributed by atoms with Crippen molar-refractivity contribution in [2.75, 3.05) is 20.3 Å². The minimum atomic E-state index is 0.314. The number of rotatable bonds is 3. The lowest BCUT2D eigenvalue weighted by molar-refractivity contribution is 0.184. The Morgan fingerprint density at radius 2 is 2.13 bits per heavy atom. The Bertz CT molecular complexity index is 774. The highest BCUT2D eigenvalue weighted by Gasteiger charge is 2.19. The summed E-state index contributed by atoms with van der Waals surface area (Å²) in [6.07, 6.45) is 8.41. The lowest BCUT2D eigenvalue weighted by Gasteiger charge is -2.07. The van der Waals surface area contributed by atoms with Crippen LogP contribution in [0.4, 0.5) is 0 Å². The lowest BCUT2D eigenvalue weighted by Crippen LogP contribution is -2.08. The van der Waals surface area contributed by atoms with Gasteiger partial charge in [-0.25, -0.2) is 9.50 Å². The second-order valence-electron chi connectivity index (χ2n) is 5.02. The molecule has 3 aromatic heterocycles. The summed E-state index contributed by atoms with van der Waals surface area (Å²) in [5.41, 5.74) is 2.57. The van der Waals surface area contributed by atoms with E-state index >= 15 is 0 Å². The van der Waals surface area contributed by atoms with Crippen LogP contribution in [0.3, 0.4) is 0 Å². The molecule has 1 aliphatic rings. The van der Waals surface area contributed by atoms with E-state index in [1.165, 1.54) is 0 Å². The van der Waals surface area contributed by atoms with E-state index in [2.05, 4.69) is 15.2 Å². The van der Waals surface area contributed by atoms with Crippen molar-refractivity contribution in [3.63, 3.8) is 0 Å². The molecule has 0 saturated carbocycles. The monoisotopic (exact) mass is 315 g/mol. The number of aromatic nitrogens is 5. The van der Waals surface area contributed by atoms with Crippen LogP contribution in [0, 0.1) is 0 Å². The van der Waals surface area contributed by atoms with E-state index in [1.807, 2.05) is 43.2 Å². The molecule has 4 rings (SSSR count). The predicted molar refractivity (Wildman–Crippen MR) is 86.6 cm³/mol. The fourth-order valence-corrected chi connectivity index (χ4v) is 2.59. The average Bonchev–Trinajstić information content (AvgIpc) is 3.35. The highest BCUT2D eigenvalue weighted by molar-refractivity contribution is 5.63. The number of nitrogens with zero attached hydrogens (tertiary/aromatic N) is 5. The zero-order chi connectivity index (χ0) is 16.2. The van der Waals surface area contributed by atoms with Gasteiger partial charge in [-0.15, -0.1) is 0 Å². The highest BCUT2D eigenvalue weighted by Crippen LogP contribution is 2.25. The van der Waals surface area contributed by atoms with Crippen molar-refractivity contribution in [2.24, 2.45) is 0 Å². The maximum absolute atomic E-state index is 5.40. The normalized spacial score (nSPS) is 17.1. The third-order valence-electron chi connectivity index (χ3n) is 3.73. The van der Waals surface area contributed by atoms with Gasteiger partial charge in [-0.1, -0.05) is 13.8 Å². The molecule has 7 nitrogen and oxygen atoms in total. The van der Waals surface area contributed by atoms with Crippen molar-refractivity contribution in [2.45, 2.75) is 26.3 Å². The third-order valence-corrected chi connectivity index (χ3v) is 3.73. The Hall–Kier alpha value is -2.41. The van der Waals surface area contributed by atoms with Crippen LogP contribution in [0.25, 0.3) is 16.8 Å². The van der Waals surface area contributed by atoms with E-state index in [0.29, 0.717) is 11.9 Å². The molecule has 0 N–H and O–H groups in total. The van der Waals surface area contributed by atoms with Crippen LogP contribution < -0.4 is 4.74 Å². The molecule has 1 saturated heterocycles. The summed E-state index contributed by atoms with van der Waals surface area (Å²) in [6.45, 7) is 5.52. The largest absolute Gasteiger partial charge is 0.479 e. The van der Waals surface area contributed by atoms with E-state index < -0.39 is 0 Å². The Balaban J connectivity index is 0.000000753. The van der Waals surface area contributed by atoms with E-state index in [-0.39, 0.29) is 0 Å². The van der Waals surface area contributed by atoms with Gasteiger partial charge in [0.25, 0.3) is 0 Å². The summed E-state index contributed by atoms with van der Waals surface area (Å²) in [6, 6.07) is 2.18. The quantitative estimate of drug-likeness (QED) is 0.743. The van der Waals surface area contributed by atoms with Gasteiger partial charge < -0.3 is 9.47 Å². The molecule has 7 heteroatoms. The summed E-state index contributed by atoms with van der Waals surface area (Å²) >= 11 is 0.